The second-order valence-corrected chi connectivity index (χ2v) is 8.43. The molecule has 8 heteroatoms. The molecule has 1 saturated carbocycles. The van der Waals surface area contributed by atoms with Crippen LogP contribution >= 0.6 is 0 Å². The van der Waals surface area contributed by atoms with Crippen LogP contribution in [0.25, 0.3) is 11.3 Å². The Kier molecular flexibility index (Phi) is 3.32. The molecule has 27 heavy (non-hydrogen) atoms. The third kappa shape index (κ3) is 2.62. The maximum absolute atomic E-state index is 5.66. The molecule has 6 heterocycles. The van der Waals surface area contributed by atoms with E-state index in [9.17, 15) is 0 Å². The van der Waals surface area contributed by atoms with Crippen molar-refractivity contribution >= 4 is 17.7 Å². The first-order valence-electron chi connectivity index (χ1n) is 9.96. The average Bonchev–Trinajstić information content (AvgIpc) is 3.36. The number of nitrogen functional groups attached to an aromatic ring is 1. The topological polar surface area (TPSA) is 96.1 Å². The number of anilines is 3. The molecule has 1 aliphatic carbocycles. The van der Waals surface area contributed by atoms with Crippen molar-refractivity contribution in [2.45, 2.75) is 43.8 Å². The maximum atomic E-state index is 5.66. The van der Waals surface area contributed by atoms with Crippen LogP contribution in [0.15, 0.2) is 18.5 Å². The van der Waals surface area contributed by atoms with Gasteiger partial charge in [-0.25, -0.2) is 15.0 Å². The van der Waals surface area contributed by atoms with E-state index < -0.39 is 0 Å². The SMILES string of the molecule is Nc1ncc(-c2cc(N3CC4CCC(C3)N4)nc(N3CC4CC3C4)n2)cn1. The highest BCUT2D eigenvalue weighted by molar-refractivity contribution is 5.64. The molecule has 4 saturated heterocycles. The summed E-state index contributed by atoms with van der Waals surface area (Å²) < 4.78 is 0. The van der Waals surface area contributed by atoms with Crippen LogP contribution in [0.2, 0.25) is 0 Å². The standard InChI is InChI=1S/C19H24N8/c20-18-21-6-12(7-22-18)16-5-17(26-9-13-1-2-14(10-26)23-13)25-19(24-16)27-8-11-3-15(27)4-11/h5-7,11,13-15,23H,1-4,8-10H2,(H2,20,21,22). The normalized spacial score (nSPS) is 31.3. The summed E-state index contributed by atoms with van der Waals surface area (Å²) in [5.74, 6) is 2.98. The zero-order valence-corrected chi connectivity index (χ0v) is 15.3. The summed E-state index contributed by atoms with van der Waals surface area (Å²) in [4.78, 5) is 23.0. The summed E-state index contributed by atoms with van der Waals surface area (Å²) in [6.07, 6.45) is 8.59. The molecule has 0 aromatic carbocycles. The molecule has 2 aromatic rings. The van der Waals surface area contributed by atoms with Gasteiger partial charge in [-0.15, -0.1) is 0 Å². The van der Waals surface area contributed by atoms with E-state index in [0.29, 0.717) is 18.1 Å². The number of rotatable bonds is 3. The van der Waals surface area contributed by atoms with Gasteiger partial charge in [0.25, 0.3) is 0 Å². The molecule has 4 bridgehead atoms. The second kappa shape index (κ2) is 5.76. The highest BCUT2D eigenvalue weighted by atomic mass is 15.3. The van der Waals surface area contributed by atoms with Crippen molar-refractivity contribution in [3.05, 3.63) is 18.5 Å². The minimum atomic E-state index is 0.285. The number of hydrogen-bond donors (Lipinski definition) is 2. The number of aromatic nitrogens is 4. The number of hydrogen-bond acceptors (Lipinski definition) is 8. The number of nitrogens with zero attached hydrogens (tertiary/aromatic N) is 6. The van der Waals surface area contributed by atoms with Gasteiger partial charge in [0, 0.05) is 61.8 Å². The van der Waals surface area contributed by atoms with Crippen molar-refractivity contribution in [3.63, 3.8) is 0 Å². The van der Waals surface area contributed by atoms with Gasteiger partial charge in [-0.3, -0.25) is 0 Å². The Balaban J connectivity index is 1.40. The first-order chi connectivity index (χ1) is 13.2. The van der Waals surface area contributed by atoms with Gasteiger partial charge in [-0.2, -0.15) is 4.98 Å². The Morgan fingerprint density at radius 3 is 2.41 bits per heavy atom. The summed E-state index contributed by atoms with van der Waals surface area (Å²) in [6, 6.07) is 3.85. The molecular formula is C19H24N8. The molecule has 2 atom stereocenters. The second-order valence-electron chi connectivity index (χ2n) is 8.43. The summed E-state index contributed by atoms with van der Waals surface area (Å²) in [7, 11) is 0. The fourth-order valence-electron chi connectivity index (χ4n) is 5.09. The van der Waals surface area contributed by atoms with Gasteiger partial charge in [-0.05, 0) is 31.6 Å². The minimum Gasteiger partial charge on any atom is -0.368 e. The lowest BCUT2D eigenvalue weighted by molar-refractivity contribution is 0.380. The van der Waals surface area contributed by atoms with E-state index in [4.69, 9.17) is 15.7 Å². The van der Waals surface area contributed by atoms with Crippen LogP contribution in [0.5, 0.6) is 0 Å². The molecule has 140 valence electrons. The van der Waals surface area contributed by atoms with Crippen molar-refractivity contribution in [1.82, 2.24) is 25.3 Å². The maximum Gasteiger partial charge on any atom is 0.228 e. The lowest BCUT2D eigenvalue weighted by Gasteiger charge is -2.34. The van der Waals surface area contributed by atoms with E-state index in [0.717, 1.165) is 48.6 Å². The van der Waals surface area contributed by atoms with Crippen molar-refractivity contribution in [2.24, 2.45) is 5.92 Å². The Morgan fingerprint density at radius 1 is 1.00 bits per heavy atom. The molecular weight excluding hydrogens is 340 g/mol. The number of piperazine rings is 1. The lowest BCUT2D eigenvalue weighted by atomic mass is 9.86. The predicted octanol–water partition coefficient (Wildman–Crippen LogP) is 1.05. The lowest BCUT2D eigenvalue weighted by Crippen LogP contribution is -2.51. The van der Waals surface area contributed by atoms with Crippen LogP contribution < -0.4 is 20.9 Å². The molecule has 0 amide bonds. The van der Waals surface area contributed by atoms with E-state index in [1.165, 1.54) is 25.7 Å². The highest BCUT2D eigenvalue weighted by Crippen LogP contribution is 2.43. The summed E-state index contributed by atoms with van der Waals surface area (Å²) >= 11 is 0. The van der Waals surface area contributed by atoms with Crippen molar-refractivity contribution in [1.29, 1.82) is 0 Å². The molecule has 3 N–H and O–H groups in total. The van der Waals surface area contributed by atoms with E-state index >= 15 is 0 Å². The quantitative estimate of drug-likeness (QED) is 0.834. The molecule has 8 nitrogen and oxygen atoms in total. The Morgan fingerprint density at radius 2 is 1.74 bits per heavy atom. The third-order valence-corrected chi connectivity index (χ3v) is 6.57. The zero-order chi connectivity index (χ0) is 18.0. The largest absolute Gasteiger partial charge is 0.368 e. The predicted molar refractivity (Wildman–Crippen MR) is 103 cm³/mol. The van der Waals surface area contributed by atoms with Gasteiger partial charge in [0.05, 0.1) is 5.69 Å². The van der Waals surface area contributed by atoms with Gasteiger partial charge in [-0.1, -0.05) is 0 Å². The van der Waals surface area contributed by atoms with Crippen molar-refractivity contribution in [3.8, 4) is 11.3 Å². The van der Waals surface area contributed by atoms with Crippen LogP contribution in [-0.4, -0.2) is 57.7 Å². The first kappa shape index (κ1) is 15.6. The minimum absolute atomic E-state index is 0.285. The smallest absolute Gasteiger partial charge is 0.228 e. The molecule has 2 unspecified atom stereocenters. The van der Waals surface area contributed by atoms with Gasteiger partial charge in [0.2, 0.25) is 11.9 Å². The summed E-state index contributed by atoms with van der Waals surface area (Å²) in [6.45, 7) is 3.10. The summed E-state index contributed by atoms with van der Waals surface area (Å²) in [5.41, 5.74) is 7.43. The molecule has 2 aromatic heterocycles. The number of nitrogens with one attached hydrogen (secondary N) is 1. The van der Waals surface area contributed by atoms with Crippen LogP contribution in [0.1, 0.15) is 25.7 Å². The Hall–Kier alpha value is -2.48. The van der Waals surface area contributed by atoms with E-state index in [-0.39, 0.29) is 5.95 Å². The van der Waals surface area contributed by atoms with E-state index in [1.807, 2.05) is 0 Å². The van der Waals surface area contributed by atoms with E-state index in [2.05, 4.69) is 31.2 Å². The highest BCUT2D eigenvalue weighted by Gasteiger charge is 2.44. The Bertz CT molecular complexity index is 851. The average molecular weight is 364 g/mol. The van der Waals surface area contributed by atoms with Gasteiger partial charge in [0.15, 0.2) is 0 Å². The van der Waals surface area contributed by atoms with Crippen molar-refractivity contribution in [2.75, 3.05) is 35.2 Å². The third-order valence-electron chi connectivity index (χ3n) is 6.57. The number of fused-ring (bicyclic) bond motifs is 3. The summed E-state index contributed by atoms with van der Waals surface area (Å²) in [5, 5.41) is 3.70. The van der Waals surface area contributed by atoms with Crippen LogP contribution in [0.3, 0.4) is 0 Å². The van der Waals surface area contributed by atoms with Crippen molar-refractivity contribution < 1.29 is 0 Å². The van der Waals surface area contributed by atoms with Gasteiger partial charge >= 0.3 is 0 Å². The van der Waals surface area contributed by atoms with Crippen LogP contribution in [0.4, 0.5) is 17.7 Å². The molecule has 7 rings (SSSR count). The van der Waals surface area contributed by atoms with Crippen LogP contribution in [0, 0.1) is 5.92 Å². The molecule has 4 aliphatic heterocycles. The number of nitrogens with two attached hydrogens (primary N) is 1. The van der Waals surface area contributed by atoms with Gasteiger partial charge < -0.3 is 20.9 Å². The molecule has 5 aliphatic rings. The molecule has 0 radical (unpaired) electrons. The monoisotopic (exact) mass is 364 g/mol. The van der Waals surface area contributed by atoms with E-state index in [1.54, 1.807) is 12.4 Å². The van der Waals surface area contributed by atoms with Crippen LogP contribution in [-0.2, 0) is 0 Å². The molecule has 0 spiro atoms. The fraction of sp³-hybridized carbons (Fsp3) is 0.579. The van der Waals surface area contributed by atoms with Gasteiger partial charge in [0.1, 0.15) is 5.82 Å². The molecule has 5 fully saturated rings. The fourth-order valence-corrected chi connectivity index (χ4v) is 5.09. The zero-order valence-electron chi connectivity index (χ0n) is 15.3. The first-order valence-corrected chi connectivity index (χ1v) is 9.96. The Labute approximate surface area is 158 Å².